The third-order valence-corrected chi connectivity index (χ3v) is 13.8. The van der Waals surface area contributed by atoms with Gasteiger partial charge in [0.15, 0.2) is 29.7 Å². The monoisotopic (exact) mass is 677 g/mol. The summed E-state index contributed by atoms with van der Waals surface area (Å²) >= 11 is 0. The predicted molar refractivity (Wildman–Crippen MR) is 210 cm³/mol. The Morgan fingerprint density at radius 1 is 0.900 bits per heavy atom. The number of pyridine rings is 3. The second-order valence-electron chi connectivity index (χ2n) is 16.6. The molecule has 6 heterocycles. The van der Waals surface area contributed by atoms with Crippen molar-refractivity contribution in [2.24, 2.45) is 5.92 Å². The van der Waals surface area contributed by atoms with Gasteiger partial charge in [0.1, 0.15) is 0 Å². The number of furan rings is 1. The molecule has 6 aromatic rings. The van der Waals surface area contributed by atoms with Gasteiger partial charge in [-0.3, -0.25) is 0 Å². The van der Waals surface area contributed by atoms with Crippen LogP contribution in [0.1, 0.15) is 93.5 Å². The Morgan fingerprint density at radius 3 is 2.46 bits per heavy atom. The fraction of sp³-hybridized carbons (Fsp3) is 0.356. The minimum Gasteiger partial charge on any atom is -0.437 e. The second kappa shape index (κ2) is 12.2. The van der Waals surface area contributed by atoms with Crippen LogP contribution in [0.2, 0.25) is 19.6 Å². The summed E-state index contributed by atoms with van der Waals surface area (Å²) in [6.45, 7) is 24.1. The van der Waals surface area contributed by atoms with Crippen molar-refractivity contribution in [3.63, 3.8) is 0 Å². The van der Waals surface area contributed by atoms with Gasteiger partial charge in [0.2, 0.25) is 17.1 Å². The summed E-state index contributed by atoms with van der Waals surface area (Å²) in [6.07, 6.45) is 9.51. The van der Waals surface area contributed by atoms with Crippen LogP contribution in [0, 0.1) is 5.92 Å². The molecular weight excluding hydrogens is 627 g/mol. The lowest BCUT2D eigenvalue weighted by Gasteiger charge is -2.33. The molecule has 2 aromatic carbocycles. The zero-order valence-electron chi connectivity index (χ0n) is 31.0. The number of benzene rings is 2. The van der Waals surface area contributed by atoms with Crippen LogP contribution in [0.4, 0.5) is 0 Å². The van der Waals surface area contributed by atoms with E-state index in [1.54, 1.807) is 5.19 Å². The molecule has 8 rings (SSSR count). The highest BCUT2D eigenvalue weighted by Gasteiger charge is 2.44. The first-order chi connectivity index (χ1) is 23.9. The number of aryl methyl sites for hydroxylation is 1. The number of allylic oxidation sites excluding steroid dienone is 1. The Bertz CT molecular complexity index is 2310. The van der Waals surface area contributed by atoms with E-state index in [1.807, 2.05) is 12.3 Å². The van der Waals surface area contributed by atoms with E-state index in [0.29, 0.717) is 29.4 Å². The smallest absolute Gasteiger partial charge is 0.227 e. The summed E-state index contributed by atoms with van der Waals surface area (Å²) in [5.74, 6) is 1.75. The van der Waals surface area contributed by atoms with Gasteiger partial charge in [-0.25, -0.2) is 4.98 Å². The van der Waals surface area contributed by atoms with Gasteiger partial charge in [-0.15, -0.1) is 0 Å². The molecule has 0 aliphatic carbocycles. The number of hydrogen-bond acceptors (Lipinski definition) is 2. The number of hydrogen-bond donors (Lipinski definition) is 0. The van der Waals surface area contributed by atoms with Crippen molar-refractivity contribution >= 4 is 41.0 Å². The molecule has 0 N–H and O–H groups in total. The topological polar surface area (TPSA) is 33.8 Å². The Hall–Kier alpha value is -4.35. The van der Waals surface area contributed by atoms with E-state index in [1.165, 1.54) is 39.1 Å². The molecule has 0 radical (unpaired) electrons. The average molecular weight is 678 g/mol. The van der Waals surface area contributed by atoms with Gasteiger partial charge in [0.25, 0.3) is 0 Å². The normalized spacial score (nSPS) is 18.1. The first-order valence-corrected chi connectivity index (χ1v) is 22.1. The van der Waals surface area contributed by atoms with Crippen molar-refractivity contribution in [3.05, 3.63) is 114 Å². The zero-order valence-corrected chi connectivity index (χ0v) is 32.0. The van der Waals surface area contributed by atoms with Gasteiger partial charge < -0.3 is 4.42 Å². The van der Waals surface area contributed by atoms with Gasteiger partial charge in [0.05, 0.1) is 20.1 Å². The molecule has 4 nitrogen and oxygen atoms in total. The SMILES string of the molecule is C=C1CC2C(CCc3ccc4c(oc5ncccc54)c3-c3cc(C(C)C(C)C)cc[n+]31)c1ccccc1-c1cc(C(C)C)c([Si](C)(C)C)c[n+]12. The lowest BCUT2D eigenvalue weighted by Crippen LogP contribution is -2.54. The van der Waals surface area contributed by atoms with Crippen LogP contribution < -0.4 is 14.3 Å². The maximum absolute atomic E-state index is 6.69. The molecule has 2 aliphatic rings. The molecule has 3 atom stereocenters. The number of nitrogens with zero attached hydrogens (tertiary/aromatic N) is 3. The molecule has 0 amide bonds. The van der Waals surface area contributed by atoms with Crippen LogP contribution >= 0.6 is 0 Å². The van der Waals surface area contributed by atoms with Crippen LogP contribution in [-0.2, 0) is 6.42 Å². The average Bonchev–Trinajstić information content (AvgIpc) is 3.48. The number of fused-ring (bicyclic) bond motifs is 13. The van der Waals surface area contributed by atoms with Gasteiger partial charge in [-0.05, 0) is 77.6 Å². The highest BCUT2D eigenvalue weighted by Crippen LogP contribution is 2.46. The van der Waals surface area contributed by atoms with Crippen LogP contribution in [0.15, 0.2) is 96.3 Å². The second-order valence-corrected chi connectivity index (χ2v) is 21.6. The molecule has 0 spiro atoms. The first kappa shape index (κ1) is 32.8. The lowest BCUT2D eigenvalue weighted by molar-refractivity contribution is -0.719. The lowest BCUT2D eigenvalue weighted by atomic mass is 9.77. The maximum Gasteiger partial charge on any atom is 0.227 e. The third-order valence-electron chi connectivity index (χ3n) is 11.8. The Kier molecular flexibility index (Phi) is 7.98. The molecule has 2 aliphatic heterocycles. The zero-order chi connectivity index (χ0) is 35.1. The van der Waals surface area contributed by atoms with Crippen molar-refractivity contribution < 1.29 is 13.6 Å². The van der Waals surface area contributed by atoms with E-state index in [4.69, 9.17) is 11.0 Å². The molecule has 0 saturated heterocycles. The molecule has 0 bridgehead atoms. The molecule has 5 heteroatoms. The molecule has 0 saturated carbocycles. The van der Waals surface area contributed by atoms with Crippen molar-refractivity contribution in [2.45, 2.75) is 97.3 Å². The molecule has 3 unspecified atom stereocenters. The van der Waals surface area contributed by atoms with Gasteiger partial charge in [-0.1, -0.05) is 84.6 Å². The van der Waals surface area contributed by atoms with Gasteiger partial charge in [-0.2, -0.15) is 9.13 Å². The summed E-state index contributed by atoms with van der Waals surface area (Å²) in [5, 5.41) is 3.75. The van der Waals surface area contributed by atoms with Gasteiger partial charge >= 0.3 is 0 Å². The van der Waals surface area contributed by atoms with Crippen molar-refractivity contribution in [1.29, 1.82) is 0 Å². The summed E-state index contributed by atoms with van der Waals surface area (Å²) in [5.41, 5.74) is 13.4. The quantitative estimate of drug-likeness (QED) is 0.137. The van der Waals surface area contributed by atoms with E-state index in [2.05, 4.69) is 141 Å². The maximum atomic E-state index is 6.69. The highest BCUT2D eigenvalue weighted by atomic mass is 28.3. The van der Waals surface area contributed by atoms with Gasteiger partial charge in [0, 0.05) is 51.8 Å². The Morgan fingerprint density at radius 2 is 1.70 bits per heavy atom. The van der Waals surface area contributed by atoms with E-state index in [9.17, 15) is 0 Å². The summed E-state index contributed by atoms with van der Waals surface area (Å²) in [7, 11) is -1.64. The minimum atomic E-state index is -1.64. The molecule has 0 fully saturated rings. The minimum absolute atomic E-state index is 0.249. The molecule has 254 valence electrons. The first-order valence-electron chi connectivity index (χ1n) is 18.6. The van der Waals surface area contributed by atoms with Crippen molar-refractivity contribution in [1.82, 2.24) is 4.98 Å². The Labute approximate surface area is 298 Å². The molecule has 50 heavy (non-hydrogen) atoms. The van der Waals surface area contributed by atoms with Crippen molar-refractivity contribution in [3.8, 4) is 22.5 Å². The van der Waals surface area contributed by atoms with E-state index < -0.39 is 8.07 Å². The molecule has 4 aromatic heterocycles. The number of aromatic nitrogens is 3. The third kappa shape index (κ3) is 5.28. The summed E-state index contributed by atoms with van der Waals surface area (Å²) in [4.78, 5) is 4.63. The predicted octanol–water partition coefficient (Wildman–Crippen LogP) is 10.5. The summed E-state index contributed by atoms with van der Waals surface area (Å²) < 4.78 is 11.7. The highest BCUT2D eigenvalue weighted by molar-refractivity contribution is 6.89. The molecular formula is C45H51N3OSi+2. The van der Waals surface area contributed by atoms with Crippen LogP contribution in [-0.4, -0.2) is 13.1 Å². The van der Waals surface area contributed by atoms with Crippen LogP contribution in [0.5, 0.6) is 0 Å². The van der Waals surface area contributed by atoms with Crippen LogP contribution in [0.3, 0.4) is 0 Å². The fourth-order valence-electron chi connectivity index (χ4n) is 8.73. The largest absolute Gasteiger partial charge is 0.437 e. The summed E-state index contributed by atoms with van der Waals surface area (Å²) in [6, 6.07) is 25.5. The number of rotatable bonds is 4. The van der Waals surface area contributed by atoms with Crippen molar-refractivity contribution in [2.75, 3.05) is 0 Å². The van der Waals surface area contributed by atoms with E-state index in [-0.39, 0.29) is 6.04 Å². The van der Waals surface area contributed by atoms with E-state index >= 15 is 0 Å². The standard InChI is InChI=1S/C45H51N3OSi/c1-27(2)30(6)32-20-22-47-29(5)23-39-35(18-16-31-17-19-36-37-15-12-21-46-45(37)49-44(36)43(31)41(47)24-32)33-13-10-11-14-34(33)40-25-38(28(3)4)42(26-48(39)40)50(7,8)9/h10-15,17,19-22,24-28,30,35,39H,5,16,18,23H2,1-4,6-9H3/q+2. The van der Waals surface area contributed by atoms with Crippen LogP contribution in [0.25, 0.3) is 50.3 Å². The van der Waals surface area contributed by atoms with E-state index in [0.717, 1.165) is 47.0 Å². The Balaban J connectivity index is 1.39. The fourth-order valence-corrected chi connectivity index (χ4v) is 10.5.